The van der Waals surface area contributed by atoms with E-state index in [4.69, 9.17) is 9.72 Å². The van der Waals surface area contributed by atoms with Crippen molar-refractivity contribution in [2.75, 3.05) is 26.3 Å². The number of H-pyrrole nitrogens is 1. The molecule has 6 nitrogen and oxygen atoms in total. The molecule has 0 bridgehead atoms. The van der Waals surface area contributed by atoms with Crippen molar-refractivity contribution < 1.29 is 9.53 Å². The van der Waals surface area contributed by atoms with Crippen LogP contribution in [-0.4, -0.2) is 47.1 Å². The van der Waals surface area contributed by atoms with Gasteiger partial charge in [-0.25, -0.2) is 4.98 Å². The van der Waals surface area contributed by atoms with Gasteiger partial charge in [0.2, 0.25) is 0 Å². The first-order chi connectivity index (χ1) is 15.7. The van der Waals surface area contributed by atoms with Gasteiger partial charge in [-0.3, -0.25) is 9.69 Å². The molecule has 1 amide bonds. The smallest absolute Gasteiger partial charge is 0.254 e. The van der Waals surface area contributed by atoms with Gasteiger partial charge < -0.3 is 15.0 Å². The topological polar surface area (TPSA) is 70.2 Å². The highest BCUT2D eigenvalue weighted by atomic mass is 16.5. The van der Waals surface area contributed by atoms with Gasteiger partial charge in [-0.05, 0) is 28.7 Å². The minimum atomic E-state index is -0.0264. The van der Waals surface area contributed by atoms with Crippen molar-refractivity contribution in [1.82, 2.24) is 20.2 Å². The van der Waals surface area contributed by atoms with Crippen molar-refractivity contribution in [2.24, 2.45) is 0 Å². The SMILES string of the molecule is O=C1NCc2nc3c(ccc4c[nH]c(C=Cc5ccc(CN6CCOCC6)cc5)cc43)c21. The molecule has 0 spiro atoms. The molecule has 2 aromatic heterocycles. The molecule has 2 aromatic carbocycles. The monoisotopic (exact) mass is 424 g/mol. The van der Waals surface area contributed by atoms with Crippen LogP contribution in [-0.2, 0) is 17.8 Å². The molecule has 1 saturated heterocycles. The number of amides is 1. The van der Waals surface area contributed by atoms with Gasteiger partial charge in [-0.1, -0.05) is 42.5 Å². The zero-order valence-electron chi connectivity index (χ0n) is 17.7. The fraction of sp³-hybridized carbons (Fsp3) is 0.231. The summed E-state index contributed by atoms with van der Waals surface area (Å²) in [6.45, 7) is 5.13. The van der Waals surface area contributed by atoms with Crippen LogP contribution in [0.15, 0.2) is 48.7 Å². The highest BCUT2D eigenvalue weighted by molar-refractivity contribution is 6.16. The summed E-state index contributed by atoms with van der Waals surface area (Å²) in [7, 11) is 0. The number of aromatic nitrogens is 2. The summed E-state index contributed by atoms with van der Waals surface area (Å²) in [5.41, 5.74) is 5.95. The van der Waals surface area contributed by atoms with Gasteiger partial charge in [0.25, 0.3) is 5.91 Å². The molecule has 0 saturated carbocycles. The first-order valence-corrected chi connectivity index (χ1v) is 11.0. The van der Waals surface area contributed by atoms with E-state index in [-0.39, 0.29) is 5.91 Å². The Labute approximate surface area is 185 Å². The number of ether oxygens (including phenoxy) is 1. The minimum Gasteiger partial charge on any atom is -0.379 e. The van der Waals surface area contributed by atoms with Crippen LogP contribution >= 0.6 is 0 Å². The van der Waals surface area contributed by atoms with Gasteiger partial charge in [0.1, 0.15) is 0 Å². The Balaban J connectivity index is 1.25. The van der Waals surface area contributed by atoms with E-state index in [0.29, 0.717) is 6.54 Å². The van der Waals surface area contributed by atoms with Gasteiger partial charge in [0, 0.05) is 42.3 Å². The van der Waals surface area contributed by atoms with E-state index in [1.54, 1.807) is 0 Å². The van der Waals surface area contributed by atoms with Crippen LogP contribution in [0, 0.1) is 0 Å². The summed E-state index contributed by atoms with van der Waals surface area (Å²) in [5, 5.41) is 5.93. The van der Waals surface area contributed by atoms with Crippen molar-refractivity contribution >= 4 is 39.7 Å². The number of benzene rings is 2. The van der Waals surface area contributed by atoms with Gasteiger partial charge >= 0.3 is 0 Å². The molecule has 2 aliphatic heterocycles. The third-order valence-electron chi connectivity index (χ3n) is 6.34. The second kappa shape index (κ2) is 7.89. The largest absolute Gasteiger partial charge is 0.379 e. The zero-order valence-corrected chi connectivity index (χ0v) is 17.7. The molecule has 0 unspecified atom stereocenters. The highest BCUT2D eigenvalue weighted by Crippen LogP contribution is 2.31. The maximum Gasteiger partial charge on any atom is 0.254 e. The lowest BCUT2D eigenvalue weighted by Gasteiger charge is -2.26. The number of nitrogens with zero attached hydrogens (tertiary/aromatic N) is 2. The third kappa shape index (κ3) is 3.47. The van der Waals surface area contributed by atoms with Crippen LogP contribution in [0.1, 0.15) is 32.9 Å². The van der Waals surface area contributed by atoms with Gasteiger partial charge in [-0.15, -0.1) is 0 Å². The van der Waals surface area contributed by atoms with Crippen molar-refractivity contribution in [1.29, 1.82) is 0 Å². The second-order valence-electron chi connectivity index (χ2n) is 8.43. The number of fused-ring (bicyclic) bond motifs is 5. The fourth-order valence-electron chi connectivity index (χ4n) is 4.60. The van der Waals surface area contributed by atoms with Gasteiger partial charge in [0.05, 0.1) is 36.5 Å². The molecular formula is C26H24N4O2. The van der Waals surface area contributed by atoms with Crippen LogP contribution in [0.4, 0.5) is 0 Å². The Kier molecular flexibility index (Phi) is 4.74. The molecule has 0 radical (unpaired) electrons. The van der Waals surface area contributed by atoms with Crippen LogP contribution < -0.4 is 5.32 Å². The first-order valence-electron chi connectivity index (χ1n) is 11.0. The molecular weight excluding hydrogens is 400 g/mol. The quantitative estimate of drug-likeness (QED) is 0.520. The average Bonchev–Trinajstić information content (AvgIpc) is 3.39. The van der Waals surface area contributed by atoms with E-state index < -0.39 is 0 Å². The number of hydrogen-bond acceptors (Lipinski definition) is 4. The minimum absolute atomic E-state index is 0.0264. The van der Waals surface area contributed by atoms with Crippen molar-refractivity contribution in [3.63, 3.8) is 0 Å². The number of aromatic amines is 1. The summed E-state index contributed by atoms with van der Waals surface area (Å²) in [6, 6.07) is 14.9. The summed E-state index contributed by atoms with van der Waals surface area (Å²) in [4.78, 5) is 22.7. The van der Waals surface area contributed by atoms with E-state index >= 15 is 0 Å². The second-order valence-corrected chi connectivity index (χ2v) is 8.43. The number of pyridine rings is 1. The summed E-state index contributed by atoms with van der Waals surface area (Å²) in [5.74, 6) is -0.0264. The van der Waals surface area contributed by atoms with E-state index in [1.165, 1.54) is 5.56 Å². The van der Waals surface area contributed by atoms with Crippen LogP contribution in [0.5, 0.6) is 0 Å². The Morgan fingerprint density at radius 2 is 1.88 bits per heavy atom. The molecule has 1 fully saturated rings. The zero-order chi connectivity index (χ0) is 21.5. The number of nitrogens with one attached hydrogen (secondary N) is 2. The predicted octanol–water partition coefficient (Wildman–Crippen LogP) is 3.96. The summed E-state index contributed by atoms with van der Waals surface area (Å²) in [6.07, 6.45) is 6.19. The Morgan fingerprint density at radius 1 is 1.03 bits per heavy atom. The Hall–Kier alpha value is -3.48. The van der Waals surface area contributed by atoms with Crippen LogP contribution in [0.2, 0.25) is 0 Å². The number of carbonyl (C=O) groups is 1. The molecule has 6 rings (SSSR count). The normalized spacial score (nSPS) is 16.8. The Morgan fingerprint density at radius 3 is 2.72 bits per heavy atom. The van der Waals surface area contributed by atoms with E-state index in [1.807, 2.05) is 18.3 Å². The lowest BCUT2D eigenvalue weighted by atomic mass is 10.1. The third-order valence-corrected chi connectivity index (χ3v) is 6.34. The maximum atomic E-state index is 12.2. The van der Waals surface area contributed by atoms with Gasteiger partial charge in [0.15, 0.2) is 0 Å². The lowest BCUT2D eigenvalue weighted by Crippen LogP contribution is -2.35. The molecule has 0 atom stereocenters. The van der Waals surface area contributed by atoms with Gasteiger partial charge in [-0.2, -0.15) is 0 Å². The number of rotatable bonds is 4. The van der Waals surface area contributed by atoms with E-state index in [9.17, 15) is 4.79 Å². The maximum absolute atomic E-state index is 12.2. The number of carbonyl (C=O) groups excluding carboxylic acids is 1. The first kappa shape index (κ1) is 19.2. The summed E-state index contributed by atoms with van der Waals surface area (Å²) < 4.78 is 5.43. The fourth-order valence-corrected chi connectivity index (χ4v) is 4.60. The molecule has 6 heteroatoms. The number of hydrogen-bond donors (Lipinski definition) is 2. The van der Waals surface area contributed by atoms with Crippen molar-refractivity contribution in [3.8, 4) is 0 Å². The predicted molar refractivity (Wildman–Crippen MR) is 126 cm³/mol. The van der Waals surface area contributed by atoms with E-state index in [2.05, 4.69) is 57.7 Å². The van der Waals surface area contributed by atoms with Crippen LogP contribution in [0.3, 0.4) is 0 Å². The molecule has 4 aromatic rings. The standard InChI is InChI=1S/C26H24N4O2/c31-26-24-21-8-6-19-14-27-20(13-22(19)25(21)29-23(24)15-28-26)7-5-17-1-3-18(4-2-17)16-30-9-11-32-12-10-30/h1-8,13-14,27H,9-12,15-16H2,(H,28,31). The number of morpholine rings is 1. The molecule has 4 heterocycles. The summed E-state index contributed by atoms with van der Waals surface area (Å²) >= 11 is 0. The van der Waals surface area contributed by atoms with Crippen LogP contribution in [0.25, 0.3) is 33.8 Å². The van der Waals surface area contributed by atoms with Crippen molar-refractivity contribution in [3.05, 3.63) is 76.7 Å². The lowest BCUT2D eigenvalue weighted by molar-refractivity contribution is 0.0342. The molecule has 32 heavy (non-hydrogen) atoms. The molecule has 2 N–H and O–H groups in total. The Bertz CT molecular complexity index is 1350. The molecule has 0 aliphatic carbocycles. The van der Waals surface area contributed by atoms with E-state index in [0.717, 1.165) is 77.0 Å². The molecule has 2 aliphatic rings. The average molecular weight is 425 g/mol. The highest BCUT2D eigenvalue weighted by Gasteiger charge is 2.25. The van der Waals surface area contributed by atoms with Crippen molar-refractivity contribution in [2.45, 2.75) is 13.1 Å². The molecule has 160 valence electrons.